The largest absolute Gasteiger partial charge is 0.407 e. The van der Waals surface area contributed by atoms with Crippen LogP contribution in [0.5, 0.6) is 5.88 Å². The number of carbonyl (C=O) groups excluding carboxylic acids is 1. The van der Waals surface area contributed by atoms with Gasteiger partial charge in [-0.05, 0) is 16.8 Å². The number of rotatable bonds is 1. The standard InChI is InChI=1S/C17H11NO2/c19-16-10-12-8-9-15(18-17(12)20-16)14-7-3-5-11-4-1-2-6-13(11)14/h1-9H,10H2. The highest BCUT2D eigenvalue weighted by Gasteiger charge is 2.22. The maximum Gasteiger partial charge on any atom is 0.317 e. The fraction of sp³-hybridized carbons (Fsp3) is 0.0588. The summed E-state index contributed by atoms with van der Waals surface area (Å²) in [5.41, 5.74) is 2.74. The molecule has 0 amide bonds. The van der Waals surface area contributed by atoms with Crippen LogP contribution in [0.2, 0.25) is 0 Å². The molecule has 1 aliphatic rings. The summed E-state index contributed by atoms with van der Waals surface area (Å²) in [7, 11) is 0. The SMILES string of the molecule is O=C1Cc2ccc(-c3cccc4ccccc34)nc2O1. The van der Waals surface area contributed by atoms with Gasteiger partial charge >= 0.3 is 5.97 Å². The van der Waals surface area contributed by atoms with Crippen molar-refractivity contribution in [3.63, 3.8) is 0 Å². The zero-order valence-electron chi connectivity index (χ0n) is 10.7. The summed E-state index contributed by atoms with van der Waals surface area (Å²) in [6.07, 6.45) is 0.318. The third-order valence-corrected chi connectivity index (χ3v) is 3.55. The number of fused-ring (bicyclic) bond motifs is 2. The monoisotopic (exact) mass is 261 g/mol. The van der Waals surface area contributed by atoms with Gasteiger partial charge in [-0.3, -0.25) is 4.79 Å². The van der Waals surface area contributed by atoms with E-state index in [-0.39, 0.29) is 5.97 Å². The predicted molar refractivity (Wildman–Crippen MR) is 76.5 cm³/mol. The Morgan fingerprint density at radius 2 is 1.80 bits per heavy atom. The summed E-state index contributed by atoms with van der Waals surface area (Å²) < 4.78 is 5.13. The number of esters is 1. The van der Waals surface area contributed by atoms with E-state index < -0.39 is 0 Å². The Kier molecular flexibility index (Phi) is 2.33. The molecule has 3 heteroatoms. The first-order chi connectivity index (χ1) is 9.81. The highest BCUT2D eigenvalue weighted by molar-refractivity contribution is 5.96. The number of carbonyl (C=O) groups is 1. The van der Waals surface area contributed by atoms with Gasteiger partial charge in [0, 0.05) is 11.1 Å². The van der Waals surface area contributed by atoms with E-state index in [0.29, 0.717) is 12.3 Å². The maximum absolute atomic E-state index is 11.3. The smallest absolute Gasteiger partial charge is 0.317 e. The van der Waals surface area contributed by atoms with Crippen molar-refractivity contribution in [1.82, 2.24) is 4.98 Å². The number of pyridine rings is 1. The molecular formula is C17H11NO2. The fourth-order valence-electron chi connectivity index (χ4n) is 2.59. The molecule has 1 aromatic heterocycles. The quantitative estimate of drug-likeness (QED) is 0.630. The third kappa shape index (κ3) is 1.67. The molecule has 3 nitrogen and oxygen atoms in total. The highest BCUT2D eigenvalue weighted by Crippen LogP contribution is 2.31. The first-order valence-corrected chi connectivity index (χ1v) is 6.50. The minimum absolute atomic E-state index is 0.234. The minimum atomic E-state index is -0.234. The number of nitrogens with zero attached hydrogens (tertiary/aromatic N) is 1. The van der Waals surface area contributed by atoms with Gasteiger partial charge in [0.05, 0.1) is 12.1 Å². The van der Waals surface area contributed by atoms with Crippen molar-refractivity contribution in [3.05, 3.63) is 60.2 Å². The van der Waals surface area contributed by atoms with Gasteiger partial charge in [-0.2, -0.15) is 0 Å². The summed E-state index contributed by atoms with van der Waals surface area (Å²) in [4.78, 5) is 15.8. The number of hydrogen-bond acceptors (Lipinski definition) is 3. The van der Waals surface area contributed by atoms with Crippen LogP contribution in [0, 0.1) is 0 Å². The Hall–Kier alpha value is -2.68. The van der Waals surface area contributed by atoms with E-state index in [1.807, 2.05) is 36.4 Å². The van der Waals surface area contributed by atoms with Gasteiger partial charge in [0.25, 0.3) is 0 Å². The van der Waals surface area contributed by atoms with Gasteiger partial charge in [-0.25, -0.2) is 4.98 Å². The van der Waals surface area contributed by atoms with E-state index >= 15 is 0 Å². The number of hydrogen-bond donors (Lipinski definition) is 0. The molecule has 0 bridgehead atoms. The molecule has 2 heterocycles. The first-order valence-electron chi connectivity index (χ1n) is 6.50. The van der Waals surface area contributed by atoms with Crippen LogP contribution in [0.15, 0.2) is 54.6 Å². The Labute approximate surface area is 115 Å². The lowest BCUT2D eigenvalue weighted by Gasteiger charge is -2.07. The van der Waals surface area contributed by atoms with Crippen molar-refractivity contribution in [2.24, 2.45) is 0 Å². The predicted octanol–water partition coefficient (Wildman–Crippen LogP) is 3.36. The van der Waals surface area contributed by atoms with Crippen molar-refractivity contribution >= 4 is 16.7 Å². The van der Waals surface area contributed by atoms with Gasteiger partial charge in [-0.1, -0.05) is 48.5 Å². The van der Waals surface area contributed by atoms with Crippen molar-refractivity contribution in [2.45, 2.75) is 6.42 Å². The van der Waals surface area contributed by atoms with E-state index in [2.05, 4.69) is 23.2 Å². The molecule has 0 radical (unpaired) electrons. The van der Waals surface area contributed by atoms with Crippen molar-refractivity contribution in [1.29, 1.82) is 0 Å². The Bertz CT molecular complexity index is 834. The first kappa shape index (κ1) is 11.2. The van der Waals surface area contributed by atoms with Crippen LogP contribution in [0.25, 0.3) is 22.0 Å². The third-order valence-electron chi connectivity index (χ3n) is 3.55. The zero-order valence-corrected chi connectivity index (χ0v) is 10.7. The normalized spacial score (nSPS) is 13.3. The van der Waals surface area contributed by atoms with Crippen LogP contribution in [0.4, 0.5) is 0 Å². The van der Waals surface area contributed by atoms with E-state index in [4.69, 9.17) is 4.74 Å². The highest BCUT2D eigenvalue weighted by atomic mass is 16.5. The summed E-state index contributed by atoms with van der Waals surface area (Å²) in [5, 5.41) is 2.32. The number of aromatic nitrogens is 1. The molecule has 0 aliphatic carbocycles. The summed E-state index contributed by atoms with van der Waals surface area (Å²) >= 11 is 0. The second-order valence-electron chi connectivity index (χ2n) is 4.84. The molecule has 20 heavy (non-hydrogen) atoms. The number of benzene rings is 2. The van der Waals surface area contributed by atoms with Crippen LogP contribution >= 0.6 is 0 Å². The summed E-state index contributed by atoms with van der Waals surface area (Å²) in [5.74, 6) is 0.211. The molecule has 0 spiro atoms. The van der Waals surface area contributed by atoms with Crippen molar-refractivity contribution < 1.29 is 9.53 Å². The average molecular weight is 261 g/mol. The Balaban J connectivity index is 1.92. The van der Waals surface area contributed by atoms with Crippen LogP contribution in [-0.2, 0) is 11.2 Å². The van der Waals surface area contributed by atoms with E-state index in [1.165, 1.54) is 5.39 Å². The second kappa shape index (κ2) is 4.17. The molecule has 0 N–H and O–H groups in total. The fourth-order valence-corrected chi connectivity index (χ4v) is 2.59. The minimum Gasteiger partial charge on any atom is -0.407 e. The lowest BCUT2D eigenvalue weighted by Crippen LogP contribution is -2.00. The van der Waals surface area contributed by atoms with E-state index in [1.54, 1.807) is 0 Å². The van der Waals surface area contributed by atoms with Crippen LogP contribution < -0.4 is 4.74 Å². The van der Waals surface area contributed by atoms with Crippen molar-refractivity contribution in [3.8, 4) is 17.1 Å². The molecule has 0 fully saturated rings. The van der Waals surface area contributed by atoms with E-state index in [9.17, 15) is 4.79 Å². The lowest BCUT2D eigenvalue weighted by molar-refractivity contribution is -0.132. The van der Waals surface area contributed by atoms with Gasteiger partial charge in [0.1, 0.15) is 0 Å². The Morgan fingerprint density at radius 3 is 2.75 bits per heavy atom. The lowest BCUT2D eigenvalue weighted by atomic mass is 10.0. The average Bonchev–Trinajstić information content (AvgIpc) is 2.85. The number of ether oxygens (including phenoxy) is 1. The molecule has 0 unspecified atom stereocenters. The van der Waals surface area contributed by atoms with Gasteiger partial charge in [0.15, 0.2) is 0 Å². The molecular weight excluding hydrogens is 250 g/mol. The van der Waals surface area contributed by atoms with Crippen LogP contribution in [-0.4, -0.2) is 11.0 Å². The van der Waals surface area contributed by atoms with Crippen LogP contribution in [0.3, 0.4) is 0 Å². The van der Waals surface area contributed by atoms with Crippen LogP contribution in [0.1, 0.15) is 5.56 Å². The zero-order chi connectivity index (χ0) is 13.5. The summed E-state index contributed by atoms with van der Waals surface area (Å²) in [6, 6.07) is 18.2. The Morgan fingerprint density at radius 1 is 0.950 bits per heavy atom. The van der Waals surface area contributed by atoms with Gasteiger partial charge < -0.3 is 4.74 Å². The van der Waals surface area contributed by atoms with Gasteiger partial charge in [0.2, 0.25) is 5.88 Å². The molecule has 96 valence electrons. The molecule has 2 aromatic carbocycles. The second-order valence-corrected chi connectivity index (χ2v) is 4.84. The summed E-state index contributed by atoms with van der Waals surface area (Å²) in [6.45, 7) is 0. The molecule has 4 rings (SSSR count). The molecule has 0 atom stereocenters. The molecule has 1 aliphatic heterocycles. The van der Waals surface area contributed by atoms with Gasteiger partial charge in [-0.15, -0.1) is 0 Å². The van der Waals surface area contributed by atoms with E-state index in [0.717, 1.165) is 22.2 Å². The topological polar surface area (TPSA) is 39.2 Å². The molecule has 0 saturated heterocycles. The van der Waals surface area contributed by atoms with Crippen molar-refractivity contribution in [2.75, 3.05) is 0 Å². The molecule has 0 saturated carbocycles. The molecule has 3 aromatic rings. The maximum atomic E-state index is 11.3.